The van der Waals surface area contributed by atoms with Crippen molar-refractivity contribution in [3.63, 3.8) is 0 Å². The smallest absolute Gasteiger partial charge is 0.493 e. The van der Waals surface area contributed by atoms with Gasteiger partial charge in [0.1, 0.15) is 0 Å². The number of nitrogens with zero attached hydrogens (tertiary/aromatic N) is 2. The molecule has 0 aromatic heterocycles. The Labute approximate surface area is 548 Å². The molecule has 0 aliphatic carbocycles. The predicted molar refractivity (Wildman–Crippen MR) is 381 cm³/mol. The van der Waals surface area contributed by atoms with Crippen LogP contribution in [0.3, 0.4) is 0 Å². The molecule has 0 unspecified atom stereocenters. The molecule has 2 nitrogen and oxygen atoms in total. The van der Waals surface area contributed by atoms with Crippen molar-refractivity contribution in [3.8, 4) is 0 Å². The van der Waals surface area contributed by atoms with Crippen LogP contribution in [0.25, 0.3) is 16.9 Å². The summed E-state index contributed by atoms with van der Waals surface area (Å²) in [5.41, 5.74) is 19.6. The van der Waals surface area contributed by atoms with Gasteiger partial charge in [-0.3, -0.25) is 0 Å². The van der Waals surface area contributed by atoms with E-state index in [0.29, 0.717) is 0 Å². The second kappa shape index (κ2) is 66.6. The Balaban J connectivity index is 0.00000131. The van der Waals surface area contributed by atoms with Gasteiger partial charge in [0.25, 0.3) is 0 Å². The summed E-state index contributed by atoms with van der Waals surface area (Å²) in [6.45, 7) is 19.2. The summed E-state index contributed by atoms with van der Waals surface area (Å²) < 4.78 is 1.47. The van der Waals surface area contributed by atoms with Crippen LogP contribution in [0.2, 0.25) is 0 Å². The van der Waals surface area contributed by atoms with E-state index in [0.717, 1.165) is 67.5 Å². The maximum absolute atomic E-state index is 11.5. The van der Waals surface area contributed by atoms with Crippen LogP contribution in [0.15, 0.2) is 60.2 Å². The van der Waals surface area contributed by atoms with E-state index in [1.165, 1.54) is 355 Å². The molecule has 1 aliphatic rings. The van der Waals surface area contributed by atoms with E-state index in [-0.39, 0.29) is 20.4 Å². The van der Waals surface area contributed by atoms with E-state index in [1.54, 1.807) is 0 Å². The minimum Gasteiger partial charge on any atom is -0.493 e. The van der Waals surface area contributed by atoms with Gasteiger partial charge in [-0.15, -0.1) is 0 Å². The molecule has 1 heterocycles. The first-order valence-corrected chi connectivity index (χ1v) is 38.2. The van der Waals surface area contributed by atoms with Crippen molar-refractivity contribution in [2.24, 2.45) is 0 Å². The van der Waals surface area contributed by atoms with Crippen molar-refractivity contribution in [2.45, 2.75) is 413 Å². The molecule has 0 bridgehead atoms. The van der Waals surface area contributed by atoms with Crippen LogP contribution < -0.4 is 0 Å². The fourth-order valence-corrected chi connectivity index (χ4v) is 12.5. The van der Waals surface area contributed by atoms with Crippen molar-refractivity contribution < 1.29 is 25.1 Å². The van der Waals surface area contributed by atoms with Crippen LogP contribution in [-0.2, 0) is 33.3 Å². The Morgan fingerprint density at radius 1 is 0.294 bits per heavy atom. The molecule has 3 rings (SSSR count). The number of hydrogen-bond acceptors (Lipinski definition) is 0. The van der Waals surface area contributed by atoms with Gasteiger partial charge in [0, 0.05) is 22.8 Å². The zero-order valence-electron chi connectivity index (χ0n) is 58.0. The van der Waals surface area contributed by atoms with Gasteiger partial charge in [-0.1, -0.05) is 386 Å². The van der Waals surface area contributed by atoms with Crippen LogP contribution in [0, 0.1) is 13.8 Å². The molecule has 0 saturated heterocycles. The quantitative estimate of drug-likeness (QED) is 0.0273. The fourth-order valence-electron chi connectivity index (χ4n) is 12.5. The third-order valence-corrected chi connectivity index (χ3v) is 18.1. The first kappa shape index (κ1) is 83.2. The summed E-state index contributed by atoms with van der Waals surface area (Å²) in [6, 6.07) is 17.7. The van der Waals surface area contributed by atoms with E-state index >= 15 is 0 Å². The third kappa shape index (κ3) is 50.6. The van der Waals surface area contributed by atoms with Crippen molar-refractivity contribution in [1.29, 1.82) is 0 Å². The van der Waals surface area contributed by atoms with Gasteiger partial charge in [-0.2, -0.15) is 12.8 Å². The zero-order valence-corrected chi connectivity index (χ0v) is 59.6. The zero-order chi connectivity index (χ0) is 60.7. The second-order valence-corrected chi connectivity index (χ2v) is 26.4. The van der Waals surface area contributed by atoms with Crippen LogP contribution in [0.4, 0.5) is 0 Å². The average Bonchev–Trinajstić information content (AvgIpc) is 2.99. The molecule has 0 amide bonds. The standard InChI is InChI=1S/C36H52N2.2C23H47.Pd/c1-4-7-10-12-14-16-20-30-22-18-25-32(27-30)35-29-34(24-9-6-3)36(38(35)37)33-26-19-23-31(28-33)21-17-15-13-11-8-5-2;2*1-3-5-7-9-11-13-15-17-19-21-23-22-20-18-16-14-12-10-8-6-4-2;/h18-19,22-23,25-29H,4-17,20-21,24H2,1-3H3;2*1,3-23H2,2H3;/q;2*-1;+2. The minimum atomic E-state index is 0. The molecular formula is C82H146N2Pd. The number of unbranched alkanes of at least 4 members (excludes halogenated alkanes) is 51. The number of hydrogen-bond donors (Lipinski definition) is 0. The Morgan fingerprint density at radius 3 is 0.824 bits per heavy atom. The van der Waals surface area contributed by atoms with Crippen LogP contribution in [0.1, 0.15) is 423 Å². The largest absolute Gasteiger partial charge is 2.00 e. The van der Waals surface area contributed by atoms with Gasteiger partial charge in [0.05, 0.1) is 0 Å². The van der Waals surface area contributed by atoms with E-state index < -0.39 is 0 Å². The van der Waals surface area contributed by atoms with Crippen molar-refractivity contribution in [3.05, 3.63) is 102 Å². The first-order valence-electron chi connectivity index (χ1n) is 38.2. The molecule has 0 saturated carbocycles. The van der Waals surface area contributed by atoms with Crippen LogP contribution in [-0.4, -0.2) is 4.70 Å². The Kier molecular flexibility index (Phi) is 65.2. The van der Waals surface area contributed by atoms with Gasteiger partial charge in [-0.05, 0) is 73.9 Å². The molecule has 85 heavy (non-hydrogen) atoms. The number of rotatable bonds is 59. The Hall–Kier alpha value is -1.82. The molecule has 0 fully saturated rings. The predicted octanol–water partition coefficient (Wildman–Crippen LogP) is 29.5. The summed E-state index contributed by atoms with van der Waals surface area (Å²) in [5.74, 6) is 0. The maximum atomic E-state index is 11.5. The van der Waals surface area contributed by atoms with Gasteiger partial charge >= 0.3 is 20.4 Å². The monoisotopic (exact) mass is 1270 g/mol. The molecule has 1 aliphatic heterocycles. The minimum absolute atomic E-state index is 0. The molecule has 0 spiro atoms. The van der Waals surface area contributed by atoms with Crippen LogP contribution >= 0.6 is 0 Å². The maximum Gasteiger partial charge on any atom is 2.00 e. The number of benzene rings is 2. The molecule has 0 radical (unpaired) electrons. The third-order valence-electron chi connectivity index (χ3n) is 18.1. The SMILES string of the molecule is CCCCCCCCc1cccc(C2=CC(CCCC)=C(c3cccc(CCCCCCCC)c3)[N+]2=[N-])c1.[CH2-]CCCCCCCCCCCCCCCCCCCCCC.[CH2-]CCCCCCCCCCCCCCCCCCCCCC.[Pd+2]. The average molecular weight is 1270 g/mol. The summed E-state index contributed by atoms with van der Waals surface area (Å²) in [4.78, 5) is 0. The van der Waals surface area contributed by atoms with Gasteiger partial charge in [-0.25, -0.2) is 4.70 Å². The van der Waals surface area contributed by atoms with E-state index in [1.807, 2.05) is 0 Å². The summed E-state index contributed by atoms with van der Waals surface area (Å²) in [7, 11) is 0. The molecule has 494 valence electrons. The molecule has 0 atom stereocenters. The molecule has 3 heteroatoms. The van der Waals surface area contributed by atoms with E-state index in [2.05, 4.69) is 103 Å². The molecule has 2 aromatic carbocycles. The summed E-state index contributed by atoms with van der Waals surface area (Å²) >= 11 is 0. The molecular weight excluding hydrogens is 1120 g/mol. The normalized spacial score (nSPS) is 12.1. The summed E-state index contributed by atoms with van der Waals surface area (Å²) in [6.07, 6.45) is 84.1. The van der Waals surface area contributed by atoms with E-state index in [4.69, 9.17) is 0 Å². The van der Waals surface area contributed by atoms with Gasteiger partial charge < -0.3 is 19.4 Å². The van der Waals surface area contributed by atoms with Gasteiger partial charge in [0.2, 0.25) is 11.4 Å². The fraction of sp³-hybridized carbons (Fsp3) is 0.780. The van der Waals surface area contributed by atoms with Gasteiger partial charge in [0.15, 0.2) is 0 Å². The molecule has 2 aromatic rings. The van der Waals surface area contributed by atoms with E-state index in [9.17, 15) is 5.53 Å². The molecule has 0 N–H and O–H groups in total. The topological polar surface area (TPSA) is 25.3 Å². The summed E-state index contributed by atoms with van der Waals surface area (Å²) in [5, 5.41) is 0. The Bertz CT molecular complexity index is 1670. The number of allylic oxidation sites excluding steroid dienone is 2. The van der Waals surface area contributed by atoms with Crippen molar-refractivity contribution in [1.82, 2.24) is 0 Å². The van der Waals surface area contributed by atoms with Crippen LogP contribution in [0.5, 0.6) is 0 Å². The second-order valence-electron chi connectivity index (χ2n) is 26.4. The van der Waals surface area contributed by atoms with Crippen molar-refractivity contribution >= 4 is 11.4 Å². The van der Waals surface area contributed by atoms with Crippen molar-refractivity contribution in [2.75, 3.05) is 0 Å². The first-order chi connectivity index (χ1) is 41.5. The Morgan fingerprint density at radius 2 is 0.541 bits per heavy atom. The number of aryl methyl sites for hydroxylation is 2.